The van der Waals surface area contributed by atoms with Gasteiger partial charge in [0, 0.05) is 12.5 Å². The van der Waals surface area contributed by atoms with Gasteiger partial charge in [-0.2, -0.15) is 0 Å². The SMILES string of the molecule is NC(=O)CC[C@H](NC(=O)c1ccc([N+](=O)[O-])s1)C(=O)O. The second-order valence-corrected chi connectivity index (χ2v) is 4.83. The molecule has 1 rings (SSSR count). The Kier molecular flexibility index (Phi) is 5.15. The Hall–Kier alpha value is -2.49. The van der Waals surface area contributed by atoms with E-state index in [2.05, 4.69) is 5.32 Å². The summed E-state index contributed by atoms with van der Waals surface area (Å²) < 4.78 is 0. The number of rotatable bonds is 7. The number of aliphatic carboxylic acids is 1. The number of hydrogen-bond donors (Lipinski definition) is 3. The third kappa shape index (κ3) is 4.31. The van der Waals surface area contributed by atoms with Crippen LogP contribution in [-0.4, -0.2) is 33.9 Å². The van der Waals surface area contributed by atoms with Gasteiger partial charge in [0.1, 0.15) is 6.04 Å². The Balaban J connectivity index is 2.72. The Morgan fingerprint density at radius 2 is 2.10 bits per heavy atom. The summed E-state index contributed by atoms with van der Waals surface area (Å²) in [7, 11) is 0. The molecule has 0 spiro atoms. The van der Waals surface area contributed by atoms with Crippen molar-refractivity contribution in [3.05, 3.63) is 27.1 Å². The predicted octanol–water partition coefficient (Wildman–Crippen LogP) is 0.105. The molecule has 1 atom stereocenters. The highest BCUT2D eigenvalue weighted by Gasteiger charge is 2.23. The average molecular weight is 301 g/mol. The second kappa shape index (κ2) is 6.61. The molecule has 4 N–H and O–H groups in total. The molecular formula is C10H11N3O6S. The summed E-state index contributed by atoms with van der Waals surface area (Å²) in [6, 6.07) is 1.10. The molecular weight excluding hydrogens is 290 g/mol. The molecule has 0 radical (unpaired) electrons. The van der Waals surface area contributed by atoms with Crippen molar-refractivity contribution in [3.8, 4) is 0 Å². The number of nitrogens with one attached hydrogen (secondary N) is 1. The van der Waals surface area contributed by atoms with Crippen LogP contribution in [0.5, 0.6) is 0 Å². The maximum atomic E-state index is 11.7. The standard InChI is InChI=1S/C10H11N3O6S/c11-7(14)3-1-5(10(16)17)12-9(15)6-2-4-8(20-6)13(18)19/h2,4-5H,1,3H2,(H2,11,14)(H,12,15)(H,16,17)/t5-/m0/s1. The lowest BCUT2D eigenvalue weighted by atomic mass is 10.1. The van der Waals surface area contributed by atoms with Crippen LogP contribution in [0.15, 0.2) is 12.1 Å². The minimum absolute atomic E-state index is 0.0158. The average Bonchev–Trinajstić information content (AvgIpc) is 2.83. The zero-order valence-electron chi connectivity index (χ0n) is 10.1. The van der Waals surface area contributed by atoms with E-state index < -0.39 is 28.7 Å². The molecule has 1 aromatic rings. The molecule has 0 bridgehead atoms. The van der Waals surface area contributed by atoms with Gasteiger partial charge in [0.15, 0.2) is 0 Å². The van der Waals surface area contributed by atoms with Gasteiger partial charge in [-0.3, -0.25) is 19.7 Å². The first-order chi connectivity index (χ1) is 9.31. The van der Waals surface area contributed by atoms with E-state index in [1.165, 1.54) is 6.07 Å². The first-order valence-electron chi connectivity index (χ1n) is 5.37. The summed E-state index contributed by atoms with van der Waals surface area (Å²) in [5, 5.41) is 21.3. The van der Waals surface area contributed by atoms with Gasteiger partial charge < -0.3 is 16.2 Å². The Bertz CT molecular complexity index is 555. The van der Waals surface area contributed by atoms with E-state index in [0.717, 1.165) is 6.07 Å². The number of carboxylic acids is 1. The zero-order chi connectivity index (χ0) is 15.3. The van der Waals surface area contributed by atoms with E-state index in [9.17, 15) is 24.5 Å². The molecule has 0 saturated heterocycles. The highest BCUT2D eigenvalue weighted by Crippen LogP contribution is 2.23. The maximum absolute atomic E-state index is 11.7. The number of nitrogens with zero attached hydrogens (tertiary/aromatic N) is 1. The van der Waals surface area contributed by atoms with E-state index in [1.807, 2.05) is 0 Å². The van der Waals surface area contributed by atoms with Gasteiger partial charge in [-0.05, 0) is 12.5 Å². The summed E-state index contributed by atoms with van der Waals surface area (Å²) in [4.78, 5) is 43.1. The van der Waals surface area contributed by atoms with Crippen LogP contribution in [0.25, 0.3) is 0 Å². The maximum Gasteiger partial charge on any atom is 0.326 e. The van der Waals surface area contributed by atoms with Crippen LogP contribution in [0.2, 0.25) is 0 Å². The van der Waals surface area contributed by atoms with E-state index >= 15 is 0 Å². The van der Waals surface area contributed by atoms with Crippen LogP contribution in [0.3, 0.4) is 0 Å². The summed E-state index contributed by atoms with van der Waals surface area (Å²) >= 11 is 0.631. The van der Waals surface area contributed by atoms with Gasteiger partial charge in [-0.15, -0.1) is 0 Å². The lowest BCUT2D eigenvalue weighted by Gasteiger charge is -2.12. The van der Waals surface area contributed by atoms with Crippen molar-refractivity contribution in [3.63, 3.8) is 0 Å². The number of carbonyl (C=O) groups excluding carboxylic acids is 2. The van der Waals surface area contributed by atoms with Crippen molar-refractivity contribution in [1.29, 1.82) is 0 Å². The molecule has 0 unspecified atom stereocenters. The van der Waals surface area contributed by atoms with E-state index in [-0.39, 0.29) is 22.7 Å². The molecule has 9 nitrogen and oxygen atoms in total. The van der Waals surface area contributed by atoms with Crippen molar-refractivity contribution in [1.82, 2.24) is 5.32 Å². The quantitative estimate of drug-likeness (QED) is 0.479. The summed E-state index contributed by atoms with van der Waals surface area (Å²) in [5.41, 5.74) is 4.90. The number of hydrogen-bond acceptors (Lipinski definition) is 6. The van der Waals surface area contributed by atoms with Crippen LogP contribution in [0, 0.1) is 10.1 Å². The molecule has 2 amide bonds. The fourth-order valence-corrected chi connectivity index (χ4v) is 2.04. The van der Waals surface area contributed by atoms with Gasteiger partial charge in [0.05, 0.1) is 9.80 Å². The smallest absolute Gasteiger partial charge is 0.326 e. The lowest BCUT2D eigenvalue weighted by Crippen LogP contribution is -2.41. The summed E-state index contributed by atoms with van der Waals surface area (Å²) in [5.74, 6) is -2.75. The molecule has 1 aromatic heterocycles. The number of nitro groups is 1. The van der Waals surface area contributed by atoms with Gasteiger partial charge in [0.25, 0.3) is 5.91 Å². The third-order valence-electron chi connectivity index (χ3n) is 2.28. The molecule has 20 heavy (non-hydrogen) atoms. The number of nitrogens with two attached hydrogens (primary N) is 1. The molecule has 0 fully saturated rings. The second-order valence-electron chi connectivity index (χ2n) is 3.76. The van der Waals surface area contributed by atoms with Crippen LogP contribution in [0.4, 0.5) is 5.00 Å². The molecule has 0 aliphatic heterocycles. The first-order valence-corrected chi connectivity index (χ1v) is 6.19. The van der Waals surface area contributed by atoms with E-state index in [0.29, 0.717) is 11.3 Å². The van der Waals surface area contributed by atoms with Crippen molar-refractivity contribution < 1.29 is 24.4 Å². The number of thiophene rings is 1. The Morgan fingerprint density at radius 3 is 2.55 bits per heavy atom. The number of amides is 2. The topological polar surface area (TPSA) is 153 Å². The molecule has 108 valence electrons. The molecule has 0 aliphatic rings. The lowest BCUT2D eigenvalue weighted by molar-refractivity contribution is -0.380. The monoisotopic (exact) mass is 301 g/mol. The Labute approximate surface area is 116 Å². The number of primary amides is 1. The molecule has 10 heteroatoms. The number of carbonyl (C=O) groups is 3. The summed E-state index contributed by atoms with van der Waals surface area (Å²) in [6.45, 7) is 0. The molecule has 1 heterocycles. The van der Waals surface area contributed by atoms with Crippen molar-refractivity contribution in [2.45, 2.75) is 18.9 Å². The summed E-state index contributed by atoms with van der Waals surface area (Å²) in [6.07, 6.45) is -0.342. The first kappa shape index (κ1) is 15.6. The minimum atomic E-state index is -1.31. The van der Waals surface area contributed by atoms with Crippen molar-refractivity contribution >= 4 is 34.1 Å². The fourth-order valence-electron chi connectivity index (χ4n) is 1.32. The van der Waals surface area contributed by atoms with Crippen LogP contribution in [-0.2, 0) is 9.59 Å². The third-order valence-corrected chi connectivity index (χ3v) is 3.31. The van der Waals surface area contributed by atoms with Crippen molar-refractivity contribution in [2.75, 3.05) is 0 Å². The highest BCUT2D eigenvalue weighted by molar-refractivity contribution is 7.17. The van der Waals surface area contributed by atoms with Crippen molar-refractivity contribution in [2.24, 2.45) is 5.73 Å². The molecule has 0 saturated carbocycles. The van der Waals surface area contributed by atoms with Crippen LogP contribution >= 0.6 is 11.3 Å². The largest absolute Gasteiger partial charge is 0.480 e. The highest BCUT2D eigenvalue weighted by atomic mass is 32.1. The normalized spacial score (nSPS) is 11.6. The zero-order valence-corrected chi connectivity index (χ0v) is 10.9. The predicted molar refractivity (Wildman–Crippen MR) is 68.3 cm³/mol. The van der Waals surface area contributed by atoms with E-state index in [4.69, 9.17) is 10.8 Å². The molecule has 0 aliphatic carbocycles. The van der Waals surface area contributed by atoms with Gasteiger partial charge in [0.2, 0.25) is 5.91 Å². The van der Waals surface area contributed by atoms with Crippen LogP contribution < -0.4 is 11.1 Å². The fraction of sp³-hybridized carbons (Fsp3) is 0.300. The minimum Gasteiger partial charge on any atom is -0.480 e. The number of carboxylic acid groups (broad SMARTS) is 1. The van der Waals surface area contributed by atoms with E-state index in [1.54, 1.807) is 0 Å². The van der Waals surface area contributed by atoms with Gasteiger partial charge in [-0.1, -0.05) is 11.3 Å². The molecule has 0 aromatic carbocycles. The Morgan fingerprint density at radius 1 is 1.45 bits per heavy atom. The van der Waals surface area contributed by atoms with Gasteiger partial charge >= 0.3 is 11.0 Å². The van der Waals surface area contributed by atoms with Gasteiger partial charge in [-0.25, -0.2) is 4.79 Å². The van der Waals surface area contributed by atoms with Crippen LogP contribution in [0.1, 0.15) is 22.5 Å².